The van der Waals surface area contributed by atoms with Gasteiger partial charge in [0, 0.05) is 24.0 Å². The fourth-order valence-corrected chi connectivity index (χ4v) is 2.89. The standard InChI is InChI=1S/C18H17ClN4O4/c1-10-4-5-11(8-12(10)19)21-14(24)9-23-17(25)15-13(27-3)6-7-20-16(15)22(2)18(23)26/h4-8H,9H2,1-3H3,(H,21,24). The van der Waals surface area contributed by atoms with Gasteiger partial charge in [0.05, 0.1) is 7.11 Å². The monoisotopic (exact) mass is 388 g/mol. The van der Waals surface area contributed by atoms with Crippen molar-refractivity contribution in [3.8, 4) is 5.75 Å². The van der Waals surface area contributed by atoms with E-state index in [2.05, 4.69) is 10.3 Å². The average molecular weight is 389 g/mol. The first-order valence-electron chi connectivity index (χ1n) is 8.02. The summed E-state index contributed by atoms with van der Waals surface area (Å²) in [6, 6.07) is 6.57. The number of hydrogen-bond donors (Lipinski definition) is 1. The minimum atomic E-state index is -0.648. The number of nitrogens with zero attached hydrogens (tertiary/aromatic N) is 3. The third-order valence-corrected chi connectivity index (χ3v) is 4.57. The predicted octanol–water partition coefficient (Wildman–Crippen LogP) is 1.70. The van der Waals surface area contributed by atoms with Gasteiger partial charge in [-0.1, -0.05) is 17.7 Å². The van der Waals surface area contributed by atoms with Gasteiger partial charge in [0.2, 0.25) is 5.91 Å². The zero-order valence-corrected chi connectivity index (χ0v) is 15.7. The molecule has 8 nitrogen and oxygen atoms in total. The molecule has 0 saturated heterocycles. The van der Waals surface area contributed by atoms with Crippen molar-refractivity contribution >= 4 is 34.2 Å². The molecule has 0 aliphatic carbocycles. The van der Waals surface area contributed by atoms with Gasteiger partial charge in [0.1, 0.15) is 17.7 Å². The third kappa shape index (κ3) is 3.43. The van der Waals surface area contributed by atoms with Crippen molar-refractivity contribution in [3.63, 3.8) is 0 Å². The molecule has 2 aromatic heterocycles. The Hall–Kier alpha value is -3.13. The number of carbonyl (C=O) groups excluding carboxylic acids is 1. The molecular formula is C18H17ClN4O4. The Morgan fingerprint density at radius 1 is 1.30 bits per heavy atom. The highest BCUT2D eigenvalue weighted by molar-refractivity contribution is 6.31. The molecule has 0 saturated carbocycles. The summed E-state index contributed by atoms with van der Waals surface area (Å²) in [6.45, 7) is 1.39. The van der Waals surface area contributed by atoms with Gasteiger partial charge in [-0.05, 0) is 30.7 Å². The summed E-state index contributed by atoms with van der Waals surface area (Å²) < 4.78 is 7.25. The number of nitrogens with one attached hydrogen (secondary N) is 1. The quantitative estimate of drug-likeness (QED) is 0.734. The molecule has 27 heavy (non-hydrogen) atoms. The van der Waals surface area contributed by atoms with Gasteiger partial charge in [-0.2, -0.15) is 0 Å². The molecule has 3 aromatic rings. The molecule has 0 atom stereocenters. The Bertz CT molecular complexity index is 1170. The first-order chi connectivity index (χ1) is 12.8. The average Bonchev–Trinajstić information content (AvgIpc) is 2.65. The first kappa shape index (κ1) is 18.7. The summed E-state index contributed by atoms with van der Waals surface area (Å²) in [7, 11) is 2.89. The van der Waals surface area contributed by atoms with Crippen molar-refractivity contribution in [1.29, 1.82) is 0 Å². The summed E-state index contributed by atoms with van der Waals surface area (Å²) in [5, 5.41) is 3.27. The van der Waals surface area contributed by atoms with Crippen LogP contribution in [-0.4, -0.2) is 27.1 Å². The molecule has 2 heterocycles. The summed E-state index contributed by atoms with van der Waals surface area (Å²) in [5.74, 6) is -0.253. The maximum atomic E-state index is 12.8. The Morgan fingerprint density at radius 3 is 2.70 bits per heavy atom. The Morgan fingerprint density at radius 2 is 2.04 bits per heavy atom. The Kier molecular flexibility index (Phi) is 5.00. The van der Waals surface area contributed by atoms with Gasteiger partial charge in [-0.25, -0.2) is 14.3 Å². The molecule has 1 aromatic carbocycles. The lowest BCUT2D eigenvalue weighted by molar-refractivity contribution is -0.116. The van der Waals surface area contributed by atoms with Gasteiger partial charge in [-0.15, -0.1) is 0 Å². The van der Waals surface area contributed by atoms with Gasteiger partial charge >= 0.3 is 5.69 Å². The molecule has 0 radical (unpaired) electrons. The second kappa shape index (κ2) is 7.24. The van der Waals surface area contributed by atoms with Crippen LogP contribution in [0.5, 0.6) is 5.75 Å². The molecule has 1 N–H and O–H groups in total. The van der Waals surface area contributed by atoms with Gasteiger partial charge < -0.3 is 10.1 Å². The second-order valence-corrected chi connectivity index (χ2v) is 6.36. The molecule has 0 unspecified atom stereocenters. The Balaban J connectivity index is 2.01. The normalized spacial score (nSPS) is 10.8. The lowest BCUT2D eigenvalue weighted by Gasteiger charge is -2.12. The highest BCUT2D eigenvalue weighted by Gasteiger charge is 2.17. The summed E-state index contributed by atoms with van der Waals surface area (Å²) >= 11 is 6.05. The molecule has 140 valence electrons. The topological polar surface area (TPSA) is 95.2 Å². The van der Waals surface area contributed by atoms with Crippen LogP contribution in [0, 0.1) is 6.92 Å². The van der Waals surface area contributed by atoms with Crippen LogP contribution in [0.4, 0.5) is 5.69 Å². The van der Waals surface area contributed by atoms with E-state index in [-0.39, 0.29) is 16.8 Å². The number of anilines is 1. The summed E-state index contributed by atoms with van der Waals surface area (Å²) in [4.78, 5) is 41.8. The third-order valence-electron chi connectivity index (χ3n) is 4.16. The predicted molar refractivity (Wildman–Crippen MR) is 103 cm³/mol. The van der Waals surface area contributed by atoms with Crippen molar-refractivity contribution in [2.75, 3.05) is 12.4 Å². The molecular weight excluding hydrogens is 372 g/mol. The highest BCUT2D eigenvalue weighted by atomic mass is 35.5. The number of fused-ring (bicyclic) bond motifs is 1. The van der Waals surface area contributed by atoms with Crippen LogP contribution in [-0.2, 0) is 18.4 Å². The molecule has 3 rings (SSSR count). The highest BCUT2D eigenvalue weighted by Crippen LogP contribution is 2.20. The van der Waals surface area contributed by atoms with E-state index in [1.807, 2.05) is 6.92 Å². The fourth-order valence-electron chi connectivity index (χ4n) is 2.71. The van der Waals surface area contributed by atoms with Crippen molar-refractivity contribution in [2.24, 2.45) is 7.05 Å². The molecule has 0 aliphatic heterocycles. The minimum absolute atomic E-state index is 0.133. The number of ether oxygens (including phenoxy) is 1. The van der Waals surface area contributed by atoms with E-state index in [4.69, 9.17) is 16.3 Å². The van der Waals surface area contributed by atoms with Crippen LogP contribution in [0.25, 0.3) is 11.0 Å². The van der Waals surface area contributed by atoms with Crippen LogP contribution in [0.1, 0.15) is 5.56 Å². The number of rotatable bonds is 4. The minimum Gasteiger partial charge on any atom is -0.496 e. The molecule has 9 heteroatoms. The van der Waals surface area contributed by atoms with Gasteiger partial charge in [0.25, 0.3) is 5.56 Å². The number of halogens is 1. The van der Waals surface area contributed by atoms with E-state index in [1.165, 1.54) is 31.0 Å². The largest absolute Gasteiger partial charge is 0.496 e. The van der Waals surface area contributed by atoms with E-state index in [0.29, 0.717) is 10.7 Å². The maximum absolute atomic E-state index is 12.8. The van der Waals surface area contributed by atoms with Crippen molar-refractivity contribution in [1.82, 2.24) is 14.1 Å². The van der Waals surface area contributed by atoms with Crippen LogP contribution in [0.2, 0.25) is 5.02 Å². The van der Waals surface area contributed by atoms with Crippen LogP contribution >= 0.6 is 11.6 Å². The molecule has 1 amide bonds. The zero-order valence-electron chi connectivity index (χ0n) is 14.9. The van der Waals surface area contributed by atoms with Gasteiger partial charge in [0.15, 0.2) is 5.65 Å². The van der Waals surface area contributed by atoms with E-state index in [0.717, 1.165) is 10.1 Å². The number of aryl methyl sites for hydroxylation is 2. The van der Waals surface area contributed by atoms with E-state index in [9.17, 15) is 14.4 Å². The second-order valence-electron chi connectivity index (χ2n) is 5.96. The lowest BCUT2D eigenvalue weighted by Crippen LogP contribution is -2.42. The fraction of sp³-hybridized carbons (Fsp3) is 0.222. The number of carbonyl (C=O) groups is 1. The number of benzene rings is 1. The van der Waals surface area contributed by atoms with E-state index >= 15 is 0 Å². The van der Waals surface area contributed by atoms with E-state index in [1.54, 1.807) is 18.2 Å². The van der Waals surface area contributed by atoms with Crippen molar-refractivity contribution in [2.45, 2.75) is 13.5 Å². The number of methoxy groups -OCH3 is 1. The maximum Gasteiger partial charge on any atom is 0.332 e. The number of hydrogen-bond acceptors (Lipinski definition) is 5. The number of aromatic nitrogens is 3. The molecule has 0 fully saturated rings. The molecule has 0 spiro atoms. The molecule has 0 bridgehead atoms. The Labute approximate surface area is 159 Å². The smallest absolute Gasteiger partial charge is 0.332 e. The van der Waals surface area contributed by atoms with Gasteiger partial charge in [-0.3, -0.25) is 14.2 Å². The van der Waals surface area contributed by atoms with Crippen LogP contribution < -0.4 is 21.3 Å². The SMILES string of the molecule is COc1ccnc2c1c(=O)n(CC(=O)Nc1ccc(C)c(Cl)c1)c(=O)n2C. The summed E-state index contributed by atoms with van der Waals surface area (Å²) in [5.41, 5.74) is 0.237. The van der Waals surface area contributed by atoms with Crippen molar-refractivity contribution in [3.05, 3.63) is 61.9 Å². The molecule has 0 aliphatic rings. The van der Waals surface area contributed by atoms with Crippen LogP contribution in [0.3, 0.4) is 0 Å². The van der Waals surface area contributed by atoms with Crippen molar-refractivity contribution < 1.29 is 9.53 Å². The first-order valence-corrected chi connectivity index (χ1v) is 8.39. The number of amides is 1. The lowest BCUT2D eigenvalue weighted by atomic mass is 10.2. The zero-order chi connectivity index (χ0) is 19.7. The summed E-state index contributed by atoms with van der Waals surface area (Å²) in [6.07, 6.45) is 1.44. The number of pyridine rings is 1. The van der Waals surface area contributed by atoms with E-state index < -0.39 is 23.7 Å². The van der Waals surface area contributed by atoms with Crippen LogP contribution in [0.15, 0.2) is 40.1 Å².